The normalized spacial score (nSPS) is 12.4. The first kappa shape index (κ1) is 93.6. The van der Waals surface area contributed by atoms with Crippen molar-refractivity contribution in [1.82, 2.24) is 5.32 Å². The second-order valence-electron chi connectivity index (χ2n) is 30.9. The van der Waals surface area contributed by atoms with Crippen LogP contribution in [0.15, 0.2) is 12.2 Å². The molecule has 0 spiro atoms. The minimum Gasteiger partial charge on any atom is -0.466 e. The molecule has 6 nitrogen and oxygen atoms in total. The number of unbranched alkanes of at least 4 members (excludes halogenated alkanes) is 72. The largest absolute Gasteiger partial charge is 0.466 e. The SMILES string of the molecule is CCCCCCCCCCCCCCCCCCCCCCCCC(O)C(CO)NC(=O)CCCCCCCCCCCCCCCCCCC/C=C\CCCCCCCCCCCCCCCCCCOC(=O)CCCCCCCCCCCCCCCCCCCCC. The van der Waals surface area contributed by atoms with Crippen LogP contribution < -0.4 is 5.32 Å². The van der Waals surface area contributed by atoms with Gasteiger partial charge < -0.3 is 20.3 Å². The monoisotopic (exact) mass is 1340 g/mol. The van der Waals surface area contributed by atoms with E-state index in [4.69, 9.17) is 4.74 Å². The van der Waals surface area contributed by atoms with E-state index in [1.165, 1.54) is 449 Å². The zero-order valence-electron chi connectivity index (χ0n) is 65.2. The number of rotatable bonds is 85. The number of aliphatic hydroxyl groups excluding tert-OH is 2. The molecule has 0 rings (SSSR count). The number of aliphatic hydroxyl groups is 2. The summed E-state index contributed by atoms with van der Waals surface area (Å²) in [5.41, 5.74) is 0. The van der Waals surface area contributed by atoms with Crippen molar-refractivity contribution >= 4 is 11.9 Å². The summed E-state index contributed by atoms with van der Waals surface area (Å²) in [5.74, 6) is 0.00326. The molecule has 0 aliphatic rings. The van der Waals surface area contributed by atoms with Gasteiger partial charge in [0.05, 0.1) is 25.4 Å². The average Bonchev–Trinajstić information content (AvgIpc) is 2.94. The Bertz CT molecular complexity index is 1450. The molecule has 0 fully saturated rings. The Morgan fingerprint density at radius 2 is 0.495 bits per heavy atom. The van der Waals surface area contributed by atoms with E-state index in [9.17, 15) is 19.8 Å². The average molecular weight is 1340 g/mol. The van der Waals surface area contributed by atoms with Crippen molar-refractivity contribution in [3.8, 4) is 0 Å². The maximum absolute atomic E-state index is 12.6. The van der Waals surface area contributed by atoms with E-state index in [0.29, 0.717) is 25.9 Å². The molecule has 2 unspecified atom stereocenters. The van der Waals surface area contributed by atoms with Gasteiger partial charge in [0.1, 0.15) is 0 Å². The molecule has 3 N–H and O–H groups in total. The van der Waals surface area contributed by atoms with Gasteiger partial charge in [-0.2, -0.15) is 0 Å². The van der Waals surface area contributed by atoms with Crippen LogP contribution in [0, 0.1) is 0 Å². The zero-order valence-corrected chi connectivity index (χ0v) is 65.2. The summed E-state index contributed by atoms with van der Waals surface area (Å²) >= 11 is 0. The van der Waals surface area contributed by atoms with Crippen molar-refractivity contribution in [1.29, 1.82) is 0 Å². The fraction of sp³-hybridized carbons (Fsp3) is 0.955. The van der Waals surface area contributed by atoms with Crippen LogP contribution in [-0.4, -0.2) is 47.4 Å². The summed E-state index contributed by atoms with van der Waals surface area (Å²) in [6.45, 7) is 5.03. The van der Waals surface area contributed by atoms with E-state index in [2.05, 4.69) is 31.3 Å². The standard InChI is InChI=1S/C89H175NO5/c1-3-5-7-9-11-13-15-17-19-21-23-24-42-46-49-53-57-61-65-69-73-77-81-87(92)86(85-91)90-88(93)82-78-74-70-66-62-58-54-50-47-43-40-38-36-34-32-30-28-26-25-27-29-31-33-35-37-39-41-44-48-52-56-60-64-68-72-76-80-84-95-89(94)83-79-75-71-67-63-59-55-51-45-22-20-18-16-14-12-10-8-6-4-2/h25,27,86-87,91-92H,3-24,26,28-85H2,1-2H3,(H,90,93)/b27-25-. The van der Waals surface area contributed by atoms with Gasteiger partial charge in [-0.05, 0) is 51.4 Å². The van der Waals surface area contributed by atoms with E-state index in [0.717, 1.165) is 38.5 Å². The van der Waals surface area contributed by atoms with Crippen LogP contribution in [0.25, 0.3) is 0 Å². The van der Waals surface area contributed by atoms with Crippen LogP contribution in [0.1, 0.15) is 521 Å². The van der Waals surface area contributed by atoms with Gasteiger partial charge in [0.2, 0.25) is 5.91 Å². The Hall–Kier alpha value is -1.40. The predicted octanol–water partition coefficient (Wildman–Crippen LogP) is 29.8. The lowest BCUT2D eigenvalue weighted by atomic mass is 10.0. The number of nitrogens with one attached hydrogen (secondary N) is 1. The van der Waals surface area contributed by atoms with Gasteiger partial charge >= 0.3 is 5.97 Å². The highest BCUT2D eigenvalue weighted by molar-refractivity contribution is 5.76. The predicted molar refractivity (Wildman–Crippen MR) is 421 cm³/mol. The molecule has 0 radical (unpaired) electrons. The lowest BCUT2D eigenvalue weighted by molar-refractivity contribution is -0.143. The maximum atomic E-state index is 12.6. The van der Waals surface area contributed by atoms with E-state index in [1.54, 1.807) is 0 Å². The van der Waals surface area contributed by atoms with Crippen molar-refractivity contribution in [2.75, 3.05) is 13.2 Å². The van der Waals surface area contributed by atoms with Crippen LogP contribution in [0.5, 0.6) is 0 Å². The minimum absolute atomic E-state index is 0.0246. The number of carbonyl (C=O) groups is 2. The first-order valence-corrected chi connectivity index (χ1v) is 44.4. The number of amides is 1. The number of ether oxygens (including phenoxy) is 1. The van der Waals surface area contributed by atoms with Crippen LogP contribution in [0.4, 0.5) is 0 Å². The second-order valence-corrected chi connectivity index (χ2v) is 30.9. The van der Waals surface area contributed by atoms with Crippen molar-refractivity contribution in [2.45, 2.75) is 533 Å². The fourth-order valence-electron chi connectivity index (χ4n) is 14.6. The Morgan fingerprint density at radius 1 is 0.284 bits per heavy atom. The van der Waals surface area contributed by atoms with Crippen LogP contribution in [0.3, 0.4) is 0 Å². The summed E-state index contributed by atoms with van der Waals surface area (Å²) in [6, 6.07) is -0.539. The third-order valence-corrected chi connectivity index (χ3v) is 21.3. The quantitative estimate of drug-likeness (QED) is 0.0320. The van der Waals surface area contributed by atoms with Crippen molar-refractivity contribution in [2.24, 2.45) is 0 Å². The zero-order chi connectivity index (χ0) is 68.4. The first-order valence-electron chi connectivity index (χ1n) is 44.4. The van der Waals surface area contributed by atoms with Crippen LogP contribution in [0.2, 0.25) is 0 Å². The summed E-state index contributed by atoms with van der Waals surface area (Å²) < 4.78 is 5.53. The van der Waals surface area contributed by atoms with Crippen molar-refractivity contribution < 1.29 is 24.5 Å². The maximum Gasteiger partial charge on any atom is 0.305 e. The van der Waals surface area contributed by atoms with Gasteiger partial charge in [-0.3, -0.25) is 9.59 Å². The number of hydrogen-bond acceptors (Lipinski definition) is 5. The third-order valence-electron chi connectivity index (χ3n) is 21.3. The Kier molecular flexibility index (Phi) is 83.8. The fourth-order valence-corrected chi connectivity index (χ4v) is 14.6. The molecule has 0 aromatic carbocycles. The molecule has 0 aromatic heterocycles. The number of allylic oxidation sites excluding steroid dienone is 2. The number of esters is 1. The number of hydrogen-bond donors (Lipinski definition) is 3. The molecule has 0 heterocycles. The molecule has 6 heteroatoms. The highest BCUT2D eigenvalue weighted by atomic mass is 16.5. The summed E-state index contributed by atoms with van der Waals surface area (Å²) in [4.78, 5) is 24.7. The van der Waals surface area contributed by atoms with Gasteiger partial charge in [-0.1, -0.05) is 469 Å². The van der Waals surface area contributed by atoms with Crippen LogP contribution in [-0.2, 0) is 14.3 Å². The molecular weight excluding hydrogens is 1160 g/mol. The van der Waals surface area contributed by atoms with Gasteiger partial charge in [0.25, 0.3) is 0 Å². The first-order chi connectivity index (χ1) is 47.0. The summed E-state index contributed by atoms with van der Waals surface area (Å²) in [7, 11) is 0. The topological polar surface area (TPSA) is 95.9 Å². The molecule has 1 amide bonds. The second kappa shape index (κ2) is 85.0. The molecule has 0 aromatic rings. The molecule has 0 saturated carbocycles. The molecule has 0 aliphatic carbocycles. The van der Waals surface area contributed by atoms with E-state index < -0.39 is 12.1 Å². The van der Waals surface area contributed by atoms with E-state index in [-0.39, 0.29) is 18.5 Å². The number of carbonyl (C=O) groups excluding carboxylic acids is 2. The van der Waals surface area contributed by atoms with Crippen LogP contribution >= 0.6 is 0 Å². The molecular formula is C89H175NO5. The van der Waals surface area contributed by atoms with Crippen molar-refractivity contribution in [3.05, 3.63) is 12.2 Å². The molecule has 2 atom stereocenters. The van der Waals surface area contributed by atoms with E-state index in [1.807, 2.05) is 0 Å². The molecule has 0 saturated heterocycles. The van der Waals surface area contributed by atoms with Gasteiger partial charge in [0.15, 0.2) is 0 Å². The Morgan fingerprint density at radius 3 is 0.747 bits per heavy atom. The Balaban J connectivity index is 3.32. The van der Waals surface area contributed by atoms with E-state index >= 15 is 0 Å². The molecule has 95 heavy (non-hydrogen) atoms. The lowest BCUT2D eigenvalue weighted by Crippen LogP contribution is -2.45. The van der Waals surface area contributed by atoms with Gasteiger partial charge in [-0.15, -0.1) is 0 Å². The smallest absolute Gasteiger partial charge is 0.305 e. The van der Waals surface area contributed by atoms with Gasteiger partial charge in [-0.25, -0.2) is 0 Å². The highest BCUT2D eigenvalue weighted by Crippen LogP contribution is 2.21. The third kappa shape index (κ3) is 81.5. The minimum atomic E-state index is -0.662. The molecule has 0 aliphatic heterocycles. The summed E-state index contributed by atoms with van der Waals surface area (Å²) in [6.07, 6.45) is 109. The van der Waals surface area contributed by atoms with Gasteiger partial charge in [0, 0.05) is 12.8 Å². The lowest BCUT2D eigenvalue weighted by Gasteiger charge is -2.22. The Labute approximate surface area is 597 Å². The molecule has 566 valence electrons. The molecule has 0 bridgehead atoms. The van der Waals surface area contributed by atoms with Crippen molar-refractivity contribution in [3.63, 3.8) is 0 Å². The highest BCUT2D eigenvalue weighted by Gasteiger charge is 2.20. The summed E-state index contributed by atoms with van der Waals surface area (Å²) in [5, 5.41) is 23.5.